The molecular formula is C23H26N6O. The average Bonchev–Trinajstić information content (AvgIpc) is 3.20. The summed E-state index contributed by atoms with van der Waals surface area (Å²) in [6.45, 7) is 8.59. The Morgan fingerprint density at radius 2 is 2.17 bits per heavy atom. The zero-order valence-electron chi connectivity index (χ0n) is 17.5. The van der Waals surface area contributed by atoms with E-state index in [1.54, 1.807) is 36.6 Å². The second kappa shape index (κ2) is 9.65. The molecule has 2 N–H and O–H groups in total. The van der Waals surface area contributed by atoms with Gasteiger partial charge in [0.05, 0.1) is 17.6 Å². The van der Waals surface area contributed by atoms with Crippen LogP contribution in [0.15, 0.2) is 61.6 Å². The fraction of sp³-hybridized carbons (Fsp3) is 0.217. The molecule has 0 aliphatic heterocycles. The number of aromatic nitrogens is 4. The number of carbonyl (C=O) groups is 1. The molecule has 0 spiro atoms. The highest BCUT2D eigenvalue weighted by atomic mass is 16.2. The van der Waals surface area contributed by atoms with E-state index in [0.29, 0.717) is 24.6 Å². The number of allylic oxidation sites excluding steroid dienone is 1. The number of urea groups is 1. The predicted octanol–water partition coefficient (Wildman–Crippen LogP) is 4.07. The van der Waals surface area contributed by atoms with Gasteiger partial charge < -0.3 is 15.2 Å². The quantitative estimate of drug-likeness (QED) is 0.583. The van der Waals surface area contributed by atoms with E-state index in [0.717, 1.165) is 28.1 Å². The van der Waals surface area contributed by atoms with Crippen molar-refractivity contribution in [3.8, 4) is 22.8 Å². The second-order valence-corrected chi connectivity index (χ2v) is 7.01. The van der Waals surface area contributed by atoms with Crippen LogP contribution >= 0.6 is 0 Å². The molecule has 0 fully saturated rings. The summed E-state index contributed by atoms with van der Waals surface area (Å²) in [5.41, 5.74) is 5.53. The summed E-state index contributed by atoms with van der Waals surface area (Å²) in [4.78, 5) is 30.3. The van der Waals surface area contributed by atoms with Crippen molar-refractivity contribution >= 4 is 11.6 Å². The number of likely N-dealkylation sites (N-methyl/N-ethyl adjacent to an activating group) is 1. The highest BCUT2D eigenvalue weighted by Crippen LogP contribution is 2.30. The van der Waals surface area contributed by atoms with Crippen molar-refractivity contribution in [1.82, 2.24) is 30.2 Å². The third-order valence-corrected chi connectivity index (χ3v) is 4.61. The van der Waals surface area contributed by atoms with Crippen LogP contribution in [0.25, 0.3) is 28.3 Å². The number of benzene rings is 1. The lowest BCUT2D eigenvalue weighted by molar-refractivity contribution is 0.214. The molecule has 0 saturated carbocycles. The molecule has 1 aromatic carbocycles. The third-order valence-electron chi connectivity index (χ3n) is 4.61. The van der Waals surface area contributed by atoms with E-state index in [2.05, 4.69) is 45.9 Å². The SMILES string of the molecule is C=CCN(C)C(=O)NC/C=C(\C)c1[nH]c(-c2cnccn2)nc1-c1cccc(C)c1. The molecule has 0 aliphatic carbocycles. The molecule has 0 unspecified atom stereocenters. The highest BCUT2D eigenvalue weighted by molar-refractivity contribution is 5.79. The summed E-state index contributed by atoms with van der Waals surface area (Å²) < 4.78 is 0. The van der Waals surface area contributed by atoms with Gasteiger partial charge in [-0.3, -0.25) is 4.98 Å². The molecule has 0 bridgehead atoms. The van der Waals surface area contributed by atoms with E-state index in [-0.39, 0.29) is 6.03 Å². The molecule has 7 nitrogen and oxygen atoms in total. The first-order valence-electron chi connectivity index (χ1n) is 9.70. The van der Waals surface area contributed by atoms with Crippen LogP contribution in [-0.4, -0.2) is 51.0 Å². The minimum atomic E-state index is -0.150. The molecule has 30 heavy (non-hydrogen) atoms. The van der Waals surface area contributed by atoms with Crippen molar-refractivity contribution in [1.29, 1.82) is 0 Å². The van der Waals surface area contributed by atoms with Gasteiger partial charge in [-0.1, -0.05) is 35.9 Å². The fourth-order valence-corrected chi connectivity index (χ4v) is 3.01. The molecule has 7 heteroatoms. The van der Waals surface area contributed by atoms with Gasteiger partial charge in [-0.25, -0.2) is 14.8 Å². The molecule has 3 rings (SSSR count). The minimum absolute atomic E-state index is 0.150. The zero-order chi connectivity index (χ0) is 21.5. The van der Waals surface area contributed by atoms with Crippen LogP contribution in [-0.2, 0) is 0 Å². The topological polar surface area (TPSA) is 86.8 Å². The third kappa shape index (κ3) is 5.00. The first kappa shape index (κ1) is 21.0. The lowest BCUT2D eigenvalue weighted by atomic mass is 10.0. The highest BCUT2D eigenvalue weighted by Gasteiger charge is 2.16. The summed E-state index contributed by atoms with van der Waals surface area (Å²) in [5.74, 6) is 0.650. The molecule has 0 atom stereocenters. The van der Waals surface area contributed by atoms with E-state index in [9.17, 15) is 4.79 Å². The van der Waals surface area contributed by atoms with Crippen molar-refractivity contribution in [3.63, 3.8) is 0 Å². The number of aryl methyl sites for hydroxylation is 1. The summed E-state index contributed by atoms with van der Waals surface area (Å²) in [7, 11) is 1.73. The van der Waals surface area contributed by atoms with Crippen LogP contribution in [0, 0.1) is 6.92 Å². The molecule has 154 valence electrons. The van der Waals surface area contributed by atoms with Gasteiger partial charge in [-0.15, -0.1) is 6.58 Å². The number of amides is 2. The van der Waals surface area contributed by atoms with E-state index in [1.165, 1.54) is 0 Å². The maximum absolute atomic E-state index is 12.1. The number of nitrogens with zero attached hydrogens (tertiary/aromatic N) is 4. The van der Waals surface area contributed by atoms with Crippen LogP contribution in [0.3, 0.4) is 0 Å². The number of rotatable bonds is 7. The van der Waals surface area contributed by atoms with Crippen molar-refractivity contribution in [3.05, 3.63) is 72.8 Å². The first-order valence-corrected chi connectivity index (χ1v) is 9.70. The summed E-state index contributed by atoms with van der Waals surface area (Å²) in [6, 6.07) is 8.05. The Kier molecular flexibility index (Phi) is 6.75. The average molecular weight is 403 g/mol. The fourth-order valence-electron chi connectivity index (χ4n) is 3.01. The summed E-state index contributed by atoms with van der Waals surface area (Å²) in [6.07, 6.45) is 8.60. The van der Waals surface area contributed by atoms with E-state index in [4.69, 9.17) is 4.98 Å². The Balaban J connectivity index is 1.91. The largest absolute Gasteiger partial charge is 0.336 e. The van der Waals surface area contributed by atoms with Gasteiger partial charge in [-0.2, -0.15) is 0 Å². The number of carbonyl (C=O) groups excluding carboxylic acids is 1. The maximum Gasteiger partial charge on any atom is 0.317 e. The number of hydrogen-bond donors (Lipinski definition) is 2. The second-order valence-electron chi connectivity index (χ2n) is 7.01. The minimum Gasteiger partial charge on any atom is -0.336 e. The van der Waals surface area contributed by atoms with Crippen LogP contribution in [0.1, 0.15) is 18.2 Å². The molecule has 0 radical (unpaired) electrons. The summed E-state index contributed by atoms with van der Waals surface area (Å²) >= 11 is 0. The molecular weight excluding hydrogens is 376 g/mol. The molecule has 2 heterocycles. The van der Waals surface area contributed by atoms with Crippen molar-refractivity contribution in [2.24, 2.45) is 0 Å². The number of aromatic amines is 1. The molecule has 0 saturated heterocycles. The molecule has 0 aliphatic rings. The van der Waals surface area contributed by atoms with Crippen molar-refractivity contribution < 1.29 is 4.79 Å². The maximum atomic E-state index is 12.1. The standard InChI is InChI=1S/C23H26N6O/c1-5-13-29(4)23(30)26-10-9-17(3)20-21(18-8-6-7-16(2)14-18)28-22(27-20)19-15-24-11-12-25-19/h5-9,11-12,14-15H,1,10,13H2,2-4H3,(H,26,30)(H,27,28)/b17-9+. The smallest absolute Gasteiger partial charge is 0.317 e. The lowest BCUT2D eigenvalue weighted by Gasteiger charge is -2.15. The number of H-pyrrole nitrogens is 1. The predicted molar refractivity (Wildman–Crippen MR) is 120 cm³/mol. The Labute approximate surface area is 176 Å². The molecule has 2 aromatic heterocycles. The van der Waals surface area contributed by atoms with E-state index < -0.39 is 0 Å². The normalized spacial score (nSPS) is 11.2. The van der Waals surface area contributed by atoms with Crippen LogP contribution in [0.2, 0.25) is 0 Å². The van der Waals surface area contributed by atoms with E-state index >= 15 is 0 Å². The Hall–Kier alpha value is -3.74. The van der Waals surface area contributed by atoms with Crippen molar-refractivity contribution in [2.45, 2.75) is 13.8 Å². The molecule has 3 aromatic rings. The van der Waals surface area contributed by atoms with Gasteiger partial charge in [-0.05, 0) is 25.5 Å². The monoisotopic (exact) mass is 402 g/mol. The first-order chi connectivity index (χ1) is 14.5. The van der Waals surface area contributed by atoms with Gasteiger partial charge in [0, 0.05) is 38.1 Å². The van der Waals surface area contributed by atoms with Crippen molar-refractivity contribution in [2.75, 3.05) is 20.1 Å². The van der Waals surface area contributed by atoms with Gasteiger partial charge in [0.15, 0.2) is 5.82 Å². The Morgan fingerprint density at radius 1 is 1.33 bits per heavy atom. The van der Waals surface area contributed by atoms with Crippen LogP contribution < -0.4 is 5.32 Å². The van der Waals surface area contributed by atoms with Gasteiger partial charge in [0.2, 0.25) is 0 Å². The number of imidazole rings is 1. The number of nitrogens with one attached hydrogen (secondary N) is 2. The Bertz CT molecular complexity index is 1050. The Morgan fingerprint density at radius 3 is 2.87 bits per heavy atom. The van der Waals surface area contributed by atoms with Gasteiger partial charge in [0.1, 0.15) is 5.69 Å². The van der Waals surface area contributed by atoms with Crippen LogP contribution in [0.5, 0.6) is 0 Å². The molecule has 2 amide bonds. The number of hydrogen-bond acceptors (Lipinski definition) is 4. The van der Waals surface area contributed by atoms with Gasteiger partial charge >= 0.3 is 6.03 Å². The summed E-state index contributed by atoms with van der Waals surface area (Å²) in [5, 5.41) is 2.88. The zero-order valence-corrected chi connectivity index (χ0v) is 17.5. The lowest BCUT2D eigenvalue weighted by Crippen LogP contribution is -2.37. The van der Waals surface area contributed by atoms with E-state index in [1.807, 2.05) is 25.1 Å². The van der Waals surface area contributed by atoms with Gasteiger partial charge in [0.25, 0.3) is 0 Å². The van der Waals surface area contributed by atoms with Crippen LogP contribution in [0.4, 0.5) is 4.79 Å².